The van der Waals surface area contributed by atoms with Crippen molar-refractivity contribution < 1.29 is 24.2 Å². The average Bonchev–Trinajstić information content (AvgIpc) is 2.96. The normalized spacial score (nSPS) is 15.6. The number of benzene rings is 1. The summed E-state index contributed by atoms with van der Waals surface area (Å²) in [6.07, 6.45) is 1.52. The molecule has 0 aliphatic carbocycles. The van der Waals surface area contributed by atoms with Gasteiger partial charge in [-0.1, -0.05) is 0 Å². The van der Waals surface area contributed by atoms with Crippen LogP contribution in [0.1, 0.15) is 17.1 Å². The first-order valence-corrected chi connectivity index (χ1v) is 5.64. The van der Waals surface area contributed by atoms with Gasteiger partial charge in [0, 0.05) is 5.56 Å². The van der Waals surface area contributed by atoms with Gasteiger partial charge < -0.3 is 19.4 Å². The van der Waals surface area contributed by atoms with Crippen LogP contribution in [0.25, 0.3) is 11.6 Å². The van der Waals surface area contributed by atoms with Crippen LogP contribution in [0, 0.1) is 0 Å². The van der Waals surface area contributed by atoms with Crippen molar-refractivity contribution in [1.29, 1.82) is 0 Å². The Morgan fingerprint density at radius 1 is 1.21 bits per heavy atom. The Hall–Kier alpha value is -2.53. The van der Waals surface area contributed by atoms with Crippen LogP contribution in [0.4, 0.5) is 0 Å². The summed E-state index contributed by atoms with van der Waals surface area (Å²) in [5.41, 5.74) is 0.830. The number of fused-ring (bicyclic) bond motifs is 1. The van der Waals surface area contributed by atoms with Crippen molar-refractivity contribution >= 4 is 17.6 Å². The first-order chi connectivity index (χ1) is 9.17. The molecular weight excluding hydrogens is 248 g/mol. The molecule has 5 nitrogen and oxygen atoms in total. The summed E-state index contributed by atoms with van der Waals surface area (Å²) in [6, 6.07) is 7.71. The summed E-state index contributed by atoms with van der Waals surface area (Å²) in [4.78, 5) is 11.8. The van der Waals surface area contributed by atoms with E-state index >= 15 is 0 Å². The van der Waals surface area contributed by atoms with Crippen molar-refractivity contribution in [3.8, 4) is 11.5 Å². The Kier molecular flexibility index (Phi) is 2.61. The lowest BCUT2D eigenvalue weighted by molar-refractivity contribution is -0.126. The smallest absolute Gasteiger partial charge is 0.344 e. The molecule has 0 saturated heterocycles. The van der Waals surface area contributed by atoms with Crippen LogP contribution >= 0.6 is 0 Å². The summed E-state index contributed by atoms with van der Waals surface area (Å²) in [5, 5.41) is 18.4. The number of carbonyl (C=O) groups excluding carboxylic acids is 1. The molecule has 1 aromatic heterocycles. The zero-order valence-electron chi connectivity index (χ0n) is 9.79. The van der Waals surface area contributed by atoms with Crippen LogP contribution in [0.3, 0.4) is 0 Å². The van der Waals surface area contributed by atoms with E-state index in [0.717, 1.165) is 0 Å². The van der Waals surface area contributed by atoms with Crippen molar-refractivity contribution in [3.63, 3.8) is 0 Å². The van der Waals surface area contributed by atoms with E-state index in [1.165, 1.54) is 24.3 Å². The second kappa shape index (κ2) is 4.29. The van der Waals surface area contributed by atoms with E-state index in [0.29, 0.717) is 28.4 Å². The van der Waals surface area contributed by atoms with E-state index in [1.54, 1.807) is 12.1 Å². The molecular formula is C14H10O5. The highest BCUT2D eigenvalue weighted by Crippen LogP contribution is 2.37. The Morgan fingerprint density at radius 3 is 2.79 bits per heavy atom. The molecule has 1 aliphatic rings. The van der Waals surface area contributed by atoms with Crippen molar-refractivity contribution in [2.75, 3.05) is 0 Å². The molecule has 5 heteroatoms. The van der Waals surface area contributed by atoms with Crippen LogP contribution < -0.4 is 4.74 Å². The van der Waals surface area contributed by atoms with Gasteiger partial charge in [0.25, 0.3) is 0 Å². The first kappa shape index (κ1) is 11.6. The quantitative estimate of drug-likeness (QED) is 0.489. The van der Waals surface area contributed by atoms with E-state index in [9.17, 15) is 9.90 Å². The molecule has 3 rings (SSSR count). The van der Waals surface area contributed by atoms with Crippen molar-refractivity contribution in [1.82, 2.24) is 0 Å². The van der Waals surface area contributed by atoms with E-state index in [4.69, 9.17) is 14.3 Å². The summed E-state index contributed by atoms with van der Waals surface area (Å²) < 4.78 is 10.4. The number of hydrogen-bond acceptors (Lipinski definition) is 5. The van der Waals surface area contributed by atoms with Crippen molar-refractivity contribution in [2.45, 2.75) is 6.61 Å². The highest BCUT2D eigenvalue weighted by atomic mass is 16.5. The molecule has 0 spiro atoms. The second-order valence-corrected chi connectivity index (χ2v) is 4.09. The number of rotatable bonds is 2. The molecule has 0 fully saturated rings. The summed E-state index contributed by atoms with van der Waals surface area (Å²) in [6.45, 7) is -0.203. The number of aliphatic hydroxyl groups is 1. The SMILES string of the molecule is O=C1Oc2ccc(O)cc2/C1=C/c1ccc(CO)o1. The van der Waals surface area contributed by atoms with Crippen LogP contribution in [0.2, 0.25) is 0 Å². The number of hydrogen-bond donors (Lipinski definition) is 2. The van der Waals surface area contributed by atoms with Gasteiger partial charge in [-0.3, -0.25) is 0 Å². The van der Waals surface area contributed by atoms with Crippen molar-refractivity contribution in [2.24, 2.45) is 0 Å². The van der Waals surface area contributed by atoms with Gasteiger partial charge in [0.05, 0.1) is 5.57 Å². The molecule has 2 heterocycles. The minimum atomic E-state index is -0.498. The van der Waals surface area contributed by atoms with Crippen LogP contribution in [0.15, 0.2) is 34.7 Å². The molecule has 0 unspecified atom stereocenters. The zero-order valence-corrected chi connectivity index (χ0v) is 9.79. The fraction of sp³-hybridized carbons (Fsp3) is 0.0714. The number of aromatic hydroxyl groups is 1. The minimum absolute atomic E-state index is 0.0541. The highest BCUT2D eigenvalue weighted by molar-refractivity contribution is 6.25. The highest BCUT2D eigenvalue weighted by Gasteiger charge is 2.27. The van der Waals surface area contributed by atoms with Gasteiger partial charge >= 0.3 is 5.97 Å². The molecule has 2 N–H and O–H groups in total. The number of carbonyl (C=O) groups is 1. The van der Waals surface area contributed by atoms with Gasteiger partial charge in [0.15, 0.2) is 0 Å². The Bertz CT molecular complexity index is 681. The molecule has 2 aromatic rings. The molecule has 1 aliphatic heterocycles. The average molecular weight is 258 g/mol. The summed E-state index contributed by atoms with van der Waals surface area (Å²) in [7, 11) is 0. The van der Waals surface area contributed by atoms with Gasteiger partial charge in [-0.15, -0.1) is 0 Å². The second-order valence-electron chi connectivity index (χ2n) is 4.09. The largest absolute Gasteiger partial charge is 0.508 e. The van der Waals surface area contributed by atoms with Gasteiger partial charge in [-0.25, -0.2) is 4.79 Å². The summed E-state index contributed by atoms with van der Waals surface area (Å²) in [5.74, 6) is 0.811. The molecule has 19 heavy (non-hydrogen) atoms. The van der Waals surface area contributed by atoms with E-state index < -0.39 is 5.97 Å². The third-order valence-corrected chi connectivity index (χ3v) is 2.80. The fourth-order valence-corrected chi connectivity index (χ4v) is 1.92. The Balaban J connectivity index is 2.06. The number of phenols is 1. The number of esters is 1. The topological polar surface area (TPSA) is 79.9 Å². The minimum Gasteiger partial charge on any atom is -0.508 e. The third kappa shape index (κ3) is 2.00. The lowest BCUT2D eigenvalue weighted by atomic mass is 10.1. The van der Waals surface area contributed by atoms with Crippen molar-refractivity contribution in [3.05, 3.63) is 47.4 Å². The number of ether oxygens (including phenoxy) is 1. The molecule has 0 amide bonds. The van der Waals surface area contributed by atoms with Crippen LogP contribution in [0.5, 0.6) is 11.5 Å². The maximum atomic E-state index is 11.8. The van der Waals surface area contributed by atoms with Gasteiger partial charge in [-0.2, -0.15) is 0 Å². The lowest BCUT2D eigenvalue weighted by Gasteiger charge is -1.96. The van der Waals surface area contributed by atoms with Gasteiger partial charge in [0.2, 0.25) is 0 Å². The monoisotopic (exact) mass is 258 g/mol. The summed E-state index contributed by atoms with van der Waals surface area (Å²) >= 11 is 0. The number of furan rings is 1. The lowest BCUT2D eigenvalue weighted by Crippen LogP contribution is -2.00. The zero-order chi connectivity index (χ0) is 13.4. The predicted molar refractivity (Wildman–Crippen MR) is 66.2 cm³/mol. The number of aliphatic hydroxyl groups excluding tert-OH is 1. The fourth-order valence-electron chi connectivity index (χ4n) is 1.92. The van der Waals surface area contributed by atoms with Gasteiger partial charge in [0.1, 0.15) is 29.6 Å². The van der Waals surface area contributed by atoms with E-state index in [2.05, 4.69) is 0 Å². The maximum Gasteiger partial charge on any atom is 0.344 e. The molecule has 0 radical (unpaired) electrons. The first-order valence-electron chi connectivity index (χ1n) is 5.64. The predicted octanol–water partition coefficient (Wildman–Crippen LogP) is 1.94. The Morgan fingerprint density at radius 2 is 2.05 bits per heavy atom. The Labute approximate surface area is 108 Å². The molecule has 0 bridgehead atoms. The number of phenolic OH excluding ortho intramolecular Hbond substituents is 1. The van der Waals surface area contributed by atoms with E-state index in [1.807, 2.05) is 0 Å². The molecule has 0 saturated carbocycles. The van der Waals surface area contributed by atoms with Gasteiger partial charge in [-0.05, 0) is 36.4 Å². The maximum absolute atomic E-state index is 11.8. The standard InChI is InChI=1S/C14H10O5/c15-7-10-3-2-9(18-10)6-12-11-5-8(16)1-4-13(11)19-14(12)17/h1-6,15-16H,7H2/b12-6-. The molecule has 1 aromatic carbocycles. The third-order valence-electron chi connectivity index (χ3n) is 2.80. The van der Waals surface area contributed by atoms with Crippen LogP contribution in [-0.4, -0.2) is 16.2 Å². The van der Waals surface area contributed by atoms with Crippen LogP contribution in [-0.2, 0) is 11.4 Å². The van der Waals surface area contributed by atoms with E-state index in [-0.39, 0.29) is 12.4 Å². The molecule has 0 atom stereocenters. The molecule has 96 valence electrons.